The fourth-order valence-corrected chi connectivity index (χ4v) is 2.94. The number of aliphatic carboxylic acids is 2. The molecule has 1 aliphatic heterocycles. The monoisotopic (exact) mass is 362 g/mol. The maximum atomic E-state index is 12.0. The lowest BCUT2D eigenvalue weighted by Gasteiger charge is -2.27. The highest BCUT2D eigenvalue weighted by Crippen LogP contribution is 2.40. The Morgan fingerprint density at radius 2 is 1.77 bits per heavy atom. The predicted octanol–water partition coefficient (Wildman–Crippen LogP) is 0.541. The number of esters is 1. The van der Waals surface area contributed by atoms with Gasteiger partial charge in [-0.25, -0.2) is 4.79 Å². The largest absolute Gasteiger partial charge is 0.481 e. The molecule has 8 heteroatoms. The number of carbonyl (C=O) groups excluding carboxylic acids is 1. The molecule has 26 heavy (non-hydrogen) atoms. The summed E-state index contributed by atoms with van der Waals surface area (Å²) in [6.07, 6.45) is 1.89. The van der Waals surface area contributed by atoms with Crippen LogP contribution in [-0.2, 0) is 19.1 Å². The third-order valence-electron chi connectivity index (χ3n) is 4.22. The number of rotatable bonds is 7. The second kappa shape index (κ2) is 7.99. The highest BCUT2D eigenvalue weighted by atomic mass is 16.6. The van der Waals surface area contributed by atoms with Gasteiger partial charge in [0, 0.05) is 5.92 Å². The van der Waals surface area contributed by atoms with Crippen LogP contribution >= 0.6 is 0 Å². The van der Waals surface area contributed by atoms with Crippen LogP contribution in [0.1, 0.15) is 23.2 Å². The van der Waals surface area contributed by atoms with Crippen molar-refractivity contribution in [3.05, 3.63) is 35.9 Å². The van der Waals surface area contributed by atoms with E-state index in [0.29, 0.717) is 0 Å². The zero-order valence-corrected chi connectivity index (χ0v) is 13.7. The van der Waals surface area contributed by atoms with Crippen molar-refractivity contribution >= 4 is 17.9 Å². The van der Waals surface area contributed by atoms with Crippen molar-refractivity contribution in [1.29, 1.82) is 0 Å². The number of terminal acetylenes is 1. The normalized spacial score (nSPS) is 27.5. The van der Waals surface area contributed by atoms with Gasteiger partial charge in [0.2, 0.25) is 0 Å². The van der Waals surface area contributed by atoms with E-state index in [2.05, 4.69) is 5.92 Å². The predicted molar refractivity (Wildman–Crippen MR) is 87.2 cm³/mol. The van der Waals surface area contributed by atoms with Gasteiger partial charge in [-0.2, -0.15) is 0 Å². The van der Waals surface area contributed by atoms with Crippen LogP contribution in [-0.4, -0.2) is 57.6 Å². The van der Waals surface area contributed by atoms with E-state index in [9.17, 15) is 19.5 Å². The molecule has 0 bridgehead atoms. The summed E-state index contributed by atoms with van der Waals surface area (Å²) in [5.41, 5.74) is -1.80. The smallest absolute Gasteiger partial charge is 0.338 e. The number of ether oxygens (including phenoxy) is 2. The molecule has 1 aromatic rings. The Bertz CT molecular complexity index is 722. The van der Waals surface area contributed by atoms with E-state index in [4.69, 9.17) is 26.1 Å². The van der Waals surface area contributed by atoms with Crippen LogP contribution < -0.4 is 0 Å². The van der Waals surface area contributed by atoms with E-state index >= 15 is 0 Å². The summed E-state index contributed by atoms with van der Waals surface area (Å²) in [7, 11) is 0. The lowest BCUT2D eigenvalue weighted by atomic mass is 9.80. The van der Waals surface area contributed by atoms with Gasteiger partial charge in [-0.05, 0) is 12.1 Å². The highest BCUT2D eigenvalue weighted by Gasteiger charge is 2.56. The van der Waals surface area contributed by atoms with Gasteiger partial charge < -0.3 is 24.8 Å². The SMILES string of the molecule is C#C[C@]1(O)[C@H](CC(=O)O)C(CC(=O)O)O[C@@H]1COC(=O)c1ccccc1. The van der Waals surface area contributed by atoms with Crippen LogP contribution in [0.3, 0.4) is 0 Å². The molecule has 0 aliphatic carbocycles. The van der Waals surface area contributed by atoms with Crippen LogP contribution in [0.15, 0.2) is 30.3 Å². The summed E-state index contributed by atoms with van der Waals surface area (Å²) in [5.74, 6) is -2.22. The number of hydrogen-bond donors (Lipinski definition) is 3. The third-order valence-corrected chi connectivity index (χ3v) is 4.22. The Hall–Kier alpha value is -2.89. The molecule has 1 unspecified atom stereocenters. The molecule has 4 atom stereocenters. The van der Waals surface area contributed by atoms with Crippen LogP contribution in [0.25, 0.3) is 0 Å². The molecule has 2 rings (SSSR count). The lowest BCUT2D eigenvalue weighted by Crippen LogP contribution is -2.46. The van der Waals surface area contributed by atoms with Crippen molar-refractivity contribution in [2.45, 2.75) is 30.7 Å². The van der Waals surface area contributed by atoms with E-state index in [0.717, 1.165) is 0 Å². The van der Waals surface area contributed by atoms with Gasteiger partial charge in [-0.15, -0.1) is 6.42 Å². The summed E-state index contributed by atoms with van der Waals surface area (Å²) in [6.45, 7) is -0.444. The molecule has 0 aromatic heterocycles. The van der Waals surface area contributed by atoms with Crippen LogP contribution in [0.5, 0.6) is 0 Å². The first kappa shape index (κ1) is 19.4. The number of carboxylic acids is 2. The molecule has 1 aromatic carbocycles. The lowest BCUT2D eigenvalue weighted by molar-refractivity contribution is -0.143. The van der Waals surface area contributed by atoms with Crippen molar-refractivity contribution in [2.24, 2.45) is 5.92 Å². The van der Waals surface area contributed by atoms with Crippen LogP contribution in [0, 0.1) is 18.3 Å². The molecule has 138 valence electrons. The van der Waals surface area contributed by atoms with Gasteiger partial charge >= 0.3 is 17.9 Å². The van der Waals surface area contributed by atoms with E-state index in [1.165, 1.54) is 12.1 Å². The first-order chi connectivity index (χ1) is 12.3. The van der Waals surface area contributed by atoms with Gasteiger partial charge in [-0.1, -0.05) is 24.1 Å². The zero-order chi connectivity index (χ0) is 19.3. The summed E-state index contributed by atoms with van der Waals surface area (Å²) in [4.78, 5) is 34.1. The number of benzene rings is 1. The molecule has 1 heterocycles. The fourth-order valence-electron chi connectivity index (χ4n) is 2.94. The molecule has 0 spiro atoms. The molecule has 0 amide bonds. The van der Waals surface area contributed by atoms with E-state index in [1.807, 2.05) is 0 Å². The molecular weight excluding hydrogens is 344 g/mol. The third kappa shape index (κ3) is 4.20. The van der Waals surface area contributed by atoms with Gasteiger partial charge in [0.05, 0.1) is 24.5 Å². The topological polar surface area (TPSA) is 130 Å². The number of carbonyl (C=O) groups is 3. The van der Waals surface area contributed by atoms with Gasteiger partial charge in [0.15, 0.2) is 5.60 Å². The van der Waals surface area contributed by atoms with Crippen molar-refractivity contribution in [1.82, 2.24) is 0 Å². The maximum absolute atomic E-state index is 12.0. The molecule has 0 saturated carbocycles. The number of aliphatic hydroxyl groups is 1. The average Bonchev–Trinajstić information content (AvgIpc) is 2.85. The summed E-state index contributed by atoms with van der Waals surface area (Å²) in [6, 6.07) is 8.08. The molecular formula is C18H18O8. The van der Waals surface area contributed by atoms with Crippen molar-refractivity contribution in [3.63, 3.8) is 0 Å². The minimum absolute atomic E-state index is 0.277. The minimum Gasteiger partial charge on any atom is -0.481 e. The maximum Gasteiger partial charge on any atom is 0.338 e. The summed E-state index contributed by atoms with van der Waals surface area (Å²) in [5, 5.41) is 28.7. The Kier molecular flexibility index (Phi) is 5.97. The summed E-state index contributed by atoms with van der Waals surface area (Å²) < 4.78 is 10.6. The number of carboxylic acid groups (broad SMARTS) is 2. The highest BCUT2D eigenvalue weighted by molar-refractivity contribution is 5.89. The fraction of sp³-hybridized carbons (Fsp3) is 0.389. The molecule has 3 N–H and O–H groups in total. The van der Waals surface area contributed by atoms with E-state index < -0.39 is 61.1 Å². The quantitative estimate of drug-likeness (QED) is 0.473. The van der Waals surface area contributed by atoms with Gasteiger partial charge in [0.25, 0.3) is 0 Å². The molecule has 1 saturated heterocycles. The van der Waals surface area contributed by atoms with Crippen molar-refractivity contribution < 1.29 is 39.2 Å². The molecule has 8 nitrogen and oxygen atoms in total. The standard InChI is InChI=1S/C18H18O8/c1-2-18(24)12(8-15(19)20)13(9-16(21)22)26-14(18)10-25-17(23)11-6-4-3-5-7-11/h1,3-7,12-14,24H,8-10H2,(H,19,20)(H,21,22)/t12-,13?,14-,18+/m1/s1. The molecule has 1 fully saturated rings. The average molecular weight is 362 g/mol. The van der Waals surface area contributed by atoms with Crippen molar-refractivity contribution in [2.75, 3.05) is 6.61 Å². The second-order valence-corrected chi connectivity index (χ2v) is 5.90. The second-order valence-electron chi connectivity index (χ2n) is 5.90. The Morgan fingerprint density at radius 1 is 1.15 bits per heavy atom. The van der Waals surface area contributed by atoms with Crippen LogP contribution in [0.2, 0.25) is 0 Å². The molecule has 1 aliphatic rings. The van der Waals surface area contributed by atoms with Crippen LogP contribution in [0.4, 0.5) is 0 Å². The van der Waals surface area contributed by atoms with Gasteiger partial charge in [-0.3, -0.25) is 9.59 Å². The van der Waals surface area contributed by atoms with E-state index in [-0.39, 0.29) is 5.56 Å². The van der Waals surface area contributed by atoms with Gasteiger partial charge in [0.1, 0.15) is 12.7 Å². The molecule has 0 radical (unpaired) electrons. The first-order valence-corrected chi connectivity index (χ1v) is 7.79. The van der Waals surface area contributed by atoms with E-state index in [1.54, 1.807) is 18.2 Å². The van der Waals surface area contributed by atoms with Crippen molar-refractivity contribution in [3.8, 4) is 12.3 Å². The Labute approximate surface area is 149 Å². The minimum atomic E-state index is -2.07. The Morgan fingerprint density at radius 3 is 2.31 bits per heavy atom. The zero-order valence-electron chi connectivity index (χ0n) is 13.7. The summed E-state index contributed by atoms with van der Waals surface area (Å²) >= 11 is 0. The Balaban J connectivity index is 2.16. The first-order valence-electron chi connectivity index (χ1n) is 7.79. The number of hydrogen-bond acceptors (Lipinski definition) is 6.